The molecule has 22 heavy (non-hydrogen) atoms. The predicted molar refractivity (Wildman–Crippen MR) is 82.6 cm³/mol. The summed E-state index contributed by atoms with van der Waals surface area (Å²) < 4.78 is 16.2. The summed E-state index contributed by atoms with van der Waals surface area (Å²) in [5.41, 5.74) is -0.539. The van der Waals surface area contributed by atoms with E-state index in [0.717, 1.165) is 0 Å². The minimum atomic E-state index is -0.628. The van der Waals surface area contributed by atoms with Crippen molar-refractivity contribution in [3.63, 3.8) is 0 Å². The van der Waals surface area contributed by atoms with E-state index in [9.17, 15) is 9.90 Å². The van der Waals surface area contributed by atoms with Crippen molar-refractivity contribution in [2.24, 2.45) is 0 Å². The van der Waals surface area contributed by atoms with Crippen LogP contribution >= 0.6 is 0 Å². The molecule has 2 N–H and O–H groups in total. The number of nitrogens with one attached hydrogen (secondary N) is 1. The molecule has 1 fully saturated rings. The maximum Gasteiger partial charge on any atom is 0.410 e. The summed E-state index contributed by atoms with van der Waals surface area (Å²) >= 11 is 0. The third-order valence-corrected chi connectivity index (χ3v) is 3.19. The molecule has 1 rings (SSSR count). The first-order valence-electron chi connectivity index (χ1n) is 7.89. The number of likely N-dealkylation sites (tertiary alicyclic amines) is 1. The second-order valence-corrected chi connectivity index (χ2v) is 6.31. The molecule has 0 spiro atoms. The standard InChI is InChI=1S/C15H30N2O5/c1-6-20-13(21-7-2)8-16-11-9-17(10-12(11)18)14(19)22-15(3,4)5/h11-13,16,18H,6-10H2,1-5H3/t11-,12-/m1/s1. The molecule has 0 saturated carbocycles. The van der Waals surface area contributed by atoms with Crippen LogP contribution in [0.2, 0.25) is 0 Å². The lowest BCUT2D eigenvalue weighted by atomic mass is 10.2. The molecule has 130 valence electrons. The molecule has 0 radical (unpaired) electrons. The highest BCUT2D eigenvalue weighted by Crippen LogP contribution is 2.16. The van der Waals surface area contributed by atoms with Crippen molar-refractivity contribution in [2.75, 3.05) is 32.8 Å². The van der Waals surface area contributed by atoms with Gasteiger partial charge in [0.05, 0.1) is 18.7 Å². The number of aliphatic hydroxyl groups is 1. The lowest BCUT2D eigenvalue weighted by molar-refractivity contribution is -0.134. The van der Waals surface area contributed by atoms with Gasteiger partial charge in [0, 0.05) is 26.3 Å². The van der Waals surface area contributed by atoms with Gasteiger partial charge in [-0.3, -0.25) is 0 Å². The van der Waals surface area contributed by atoms with Crippen LogP contribution in [0, 0.1) is 0 Å². The molecule has 1 saturated heterocycles. The second-order valence-electron chi connectivity index (χ2n) is 6.31. The summed E-state index contributed by atoms with van der Waals surface area (Å²) in [6.45, 7) is 11.5. The van der Waals surface area contributed by atoms with Crippen molar-refractivity contribution >= 4 is 6.09 Å². The average molecular weight is 318 g/mol. The van der Waals surface area contributed by atoms with E-state index < -0.39 is 17.8 Å². The number of ether oxygens (including phenoxy) is 3. The van der Waals surface area contributed by atoms with Crippen LogP contribution in [0.5, 0.6) is 0 Å². The normalized spacial score (nSPS) is 22.4. The fourth-order valence-corrected chi connectivity index (χ4v) is 2.25. The Balaban J connectivity index is 2.44. The summed E-state index contributed by atoms with van der Waals surface area (Å²) in [6.07, 6.45) is -1.38. The Kier molecular flexibility index (Phi) is 7.55. The maximum atomic E-state index is 12.0. The minimum absolute atomic E-state index is 0.212. The van der Waals surface area contributed by atoms with E-state index in [2.05, 4.69) is 5.32 Å². The second kappa shape index (κ2) is 8.67. The molecule has 1 heterocycles. The third kappa shape index (κ3) is 6.48. The molecule has 1 aliphatic rings. The van der Waals surface area contributed by atoms with Crippen molar-refractivity contribution in [3.05, 3.63) is 0 Å². The summed E-state index contributed by atoms with van der Waals surface area (Å²) in [5, 5.41) is 13.3. The van der Waals surface area contributed by atoms with E-state index in [0.29, 0.717) is 26.3 Å². The van der Waals surface area contributed by atoms with E-state index in [1.165, 1.54) is 4.90 Å². The van der Waals surface area contributed by atoms with E-state index in [4.69, 9.17) is 14.2 Å². The Morgan fingerprint density at radius 3 is 2.36 bits per heavy atom. The van der Waals surface area contributed by atoms with Crippen LogP contribution in [-0.2, 0) is 14.2 Å². The van der Waals surface area contributed by atoms with Gasteiger partial charge in [-0.2, -0.15) is 0 Å². The van der Waals surface area contributed by atoms with Gasteiger partial charge in [-0.25, -0.2) is 4.79 Å². The lowest BCUT2D eigenvalue weighted by Gasteiger charge is -2.24. The number of nitrogens with zero attached hydrogens (tertiary/aromatic N) is 1. The monoisotopic (exact) mass is 318 g/mol. The van der Waals surface area contributed by atoms with Crippen LogP contribution in [0.25, 0.3) is 0 Å². The van der Waals surface area contributed by atoms with Crippen molar-refractivity contribution in [3.8, 4) is 0 Å². The molecule has 1 aliphatic heterocycles. The van der Waals surface area contributed by atoms with E-state index in [1.807, 2.05) is 34.6 Å². The van der Waals surface area contributed by atoms with E-state index >= 15 is 0 Å². The van der Waals surface area contributed by atoms with Crippen LogP contribution in [0.15, 0.2) is 0 Å². The summed E-state index contributed by atoms with van der Waals surface area (Å²) in [7, 11) is 0. The zero-order valence-corrected chi connectivity index (χ0v) is 14.3. The molecule has 0 bridgehead atoms. The topological polar surface area (TPSA) is 80.3 Å². The number of β-amino-alcohol motifs (C(OH)–C–C–N with tert-alkyl or cyclic N) is 1. The molecule has 0 aromatic rings. The maximum absolute atomic E-state index is 12.0. The number of carbonyl (C=O) groups excluding carboxylic acids is 1. The Morgan fingerprint density at radius 1 is 1.27 bits per heavy atom. The zero-order chi connectivity index (χ0) is 16.8. The van der Waals surface area contributed by atoms with Gasteiger partial charge in [-0.1, -0.05) is 0 Å². The van der Waals surface area contributed by atoms with Crippen LogP contribution in [0.3, 0.4) is 0 Å². The number of hydrogen-bond donors (Lipinski definition) is 2. The van der Waals surface area contributed by atoms with Gasteiger partial charge in [-0.05, 0) is 34.6 Å². The van der Waals surface area contributed by atoms with Crippen molar-refractivity contribution in [2.45, 2.75) is 58.7 Å². The van der Waals surface area contributed by atoms with Gasteiger partial charge in [0.1, 0.15) is 5.60 Å². The van der Waals surface area contributed by atoms with Gasteiger partial charge in [0.25, 0.3) is 0 Å². The quantitative estimate of drug-likeness (QED) is 0.681. The van der Waals surface area contributed by atoms with Gasteiger partial charge in [0.2, 0.25) is 0 Å². The van der Waals surface area contributed by atoms with Gasteiger partial charge in [0.15, 0.2) is 6.29 Å². The Morgan fingerprint density at radius 2 is 1.86 bits per heavy atom. The molecule has 0 aromatic carbocycles. The van der Waals surface area contributed by atoms with Gasteiger partial charge < -0.3 is 29.5 Å². The molecular formula is C15H30N2O5. The first-order valence-corrected chi connectivity index (χ1v) is 7.89. The first-order chi connectivity index (χ1) is 10.3. The molecule has 0 unspecified atom stereocenters. The number of aliphatic hydroxyl groups excluding tert-OH is 1. The Bertz CT molecular complexity index is 339. The zero-order valence-electron chi connectivity index (χ0n) is 14.3. The Hall–Kier alpha value is -0.890. The molecule has 7 nitrogen and oxygen atoms in total. The van der Waals surface area contributed by atoms with Crippen molar-refractivity contribution < 1.29 is 24.1 Å². The number of rotatable bonds is 7. The first kappa shape index (κ1) is 19.2. The average Bonchev–Trinajstić information content (AvgIpc) is 2.76. The van der Waals surface area contributed by atoms with Crippen LogP contribution in [0.4, 0.5) is 4.79 Å². The fraction of sp³-hybridized carbons (Fsp3) is 0.933. The van der Waals surface area contributed by atoms with Crippen LogP contribution in [0.1, 0.15) is 34.6 Å². The largest absolute Gasteiger partial charge is 0.444 e. The molecule has 7 heteroatoms. The SMILES string of the molecule is CCOC(CN[C@@H]1CN(C(=O)OC(C)(C)C)C[C@H]1O)OCC. The molecule has 0 aromatic heterocycles. The third-order valence-electron chi connectivity index (χ3n) is 3.19. The van der Waals surface area contributed by atoms with E-state index in [1.54, 1.807) is 0 Å². The molecule has 2 atom stereocenters. The Labute approximate surface area is 132 Å². The molecular weight excluding hydrogens is 288 g/mol. The summed E-state index contributed by atoms with van der Waals surface area (Å²) in [5.74, 6) is 0. The van der Waals surface area contributed by atoms with Gasteiger partial charge >= 0.3 is 6.09 Å². The van der Waals surface area contributed by atoms with E-state index in [-0.39, 0.29) is 18.9 Å². The van der Waals surface area contributed by atoms with Crippen LogP contribution < -0.4 is 5.32 Å². The summed E-state index contributed by atoms with van der Waals surface area (Å²) in [6, 6.07) is -0.212. The smallest absolute Gasteiger partial charge is 0.410 e. The number of amides is 1. The minimum Gasteiger partial charge on any atom is -0.444 e. The molecule has 1 amide bonds. The highest BCUT2D eigenvalue weighted by Gasteiger charge is 2.36. The summed E-state index contributed by atoms with van der Waals surface area (Å²) in [4.78, 5) is 13.5. The molecule has 0 aliphatic carbocycles. The number of hydrogen-bond acceptors (Lipinski definition) is 6. The van der Waals surface area contributed by atoms with Crippen LogP contribution in [-0.4, -0.2) is 73.0 Å². The fourth-order valence-electron chi connectivity index (χ4n) is 2.25. The van der Waals surface area contributed by atoms with Crippen molar-refractivity contribution in [1.29, 1.82) is 0 Å². The van der Waals surface area contributed by atoms with Crippen molar-refractivity contribution in [1.82, 2.24) is 10.2 Å². The van der Waals surface area contributed by atoms with Gasteiger partial charge in [-0.15, -0.1) is 0 Å². The predicted octanol–water partition coefficient (Wildman–Crippen LogP) is 0.955. The highest BCUT2D eigenvalue weighted by atomic mass is 16.7. The number of carbonyl (C=O) groups is 1. The highest BCUT2D eigenvalue weighted by molar-refractivity contribution is 5.68. The lowest BCUT2D eigenvalue weighted by Crippen LogP contribution is -2.44.